The van der Waals surface area contributed by atoms with Gasteiger partial charge in [-0.15, -0.1) is 0 Å². The highest BCUT2D eigenvalue weighted by molar-refractivity contribution is 5.01. The summed E-state index contributed by atoms with van der Waals surface area (Å²) in [4.78, 5) is 0. The highest BCUT2D eigenvalue weighted by Gasteiger charge is 2.40. The molecule has 0 aromatic carbocycles. The van der Waals surface area contributed by atoms with Crippen LogP contribution in [0.2, 0.25) is 0 Å². The van der Waals surface area contributed by atoms with Gasteiger partial charge < -0.3 is 10.6 Å². The molecule has 0 unspecified atom stereocenters. The van der Waals surface area contributed by atoms with E-state index < -0.39 is 0 Å². The van der Waals surface area contributed by atoms with Gasteiger partial charge in [-0.25, -0.2) is 0 Å². The molecule has 2 aliphatic rings. The normalized spacial score (nSPS) is 27.9. The Morgan fingerprint density at radius 2 is 1.00 bits per heavy atom. The van der Waals surface area contributed by atoms with E-state index in [-0.39, 0.29) is 0 Å². The van der Waals surface area contributed by atoms with E-state index in [0.717, 1.165) is 0 Å². The van der Waals surface area contributed by atoms with E-state index in [4.69, 9.17) is 0 Å². The lowest BCUT2D eigenvalue weighted by atomic mass is 9.68. The van der Waals surface area contributed by atoms with Gasteiger partial charge in [0.25, 0.3) is 0 Å². The van der Waals surface area contributed by atoms with Gasteiger partial charge in [0, 0.05) is 11.1 Å². The quantitative estimate of drug-likeness (QED) is 0.786. The first-order valence-electron chi connectivity index (χ1n) is 7.62. The maximum atomic E-state index is 3.68. The highest BCUT2D eigenvalue weighted by Crippen LogP contribution is 2.40. The van der Waals surface area contributed by atoms with Crippen LogP contribution >= 0.6 is 0 Å². The van der Waals surface area contributed by atoms with Gasteiger partial charge in [-0.2, -0.15) is 0 Å². The SMILES string of the molecule is CNC1(CC2(NC)CCCCC2)CCCCC1. The average Bonchev–Trinajstić information content (AvgIpc) is 2.41. The molecule has 0 aromatic rings. The monoisotopic (exact) mass is 238 g/mol. The minimum atomic E-state index is 0.429. The minimum Gasteiger partial charge on any atom is -0.314 e. The fourth-order valence-corrected chi connectivity index (χ4v) is 4.14. The molecule has 2 rings (SSSR count). The summed E-state index contributed by atoms with van der Waals surface area (Å²) in [7, 11) is 4.36. The van der Waals surface area contributed by atoms with Crippen LogP contribution in [0.25, 0.3) is 0 Å². The van der Waals surface area contributed by atoms with E-state index in [1.807, 2.05) is 0 Å². The van der Waals surface area contributed by atoms with Crippen molar-refractivity contribution in [3.63, 3.8) is 0 Å². The molecule has 0 aliphatic heterocycles. The molecular formula is C15H30N2. The Morgan fingerprint density at radius 1 is 0.647 bits per heavy atom. The van der Waals surface area contributed by atoms with Crippen LogP contribution in [-0.2, 0) is 0 Å². The largest absolute Gasteiger partial charge is 0.314 e. The van der Waals surface area contributed by atoms with E-state index in [9.17, 15) is 0 Å². The van der Waals surface area contributed by atoms with Gasteiger partial charge in [-0.1, -0.05) is 38.5 Å². The van der Waals surface area contributed by atoms with Gasteiger partial charge in [0.2, 0.25) is 0 Å². The lowest BCUT2D eigenvalue weighted by molar-refractivity contribution is 0.129. The fraction of sp³-hybridized carbons (Fsp3) is 1.00. The second-order valence-corrected chi connectivity index (χ2v) is 6.36. The van der Waals surface area contributed by atoms with Gasteiger partial charge >= 0.3 is 0 Å². The third-order valence-electron chi connectivity index (χ3n) is 5.36. The van der Waals surface area contributed by atoms with Crippen LogP contribution < -0.4 is 10.6 Å². The van der Waals surface area contributed by atoms with Crippen LogP contribution in [0, 0.1) is 0 Å². The molecule has 0 atom stereocenters. The first kappa shape index (κ1) is 13.4. The number of nitrogens with one attached hydrogen (secondary N) is 2. The predicted molar refractivity (Wildman–Crippen MR) is 74.4 cm³/mol. The third kappa shape index (κ3) is 3.03. The second-order valence-electron chi connectivity index (χ2n) is 6.36. The standard InChI is InChI=1S/C15H30N2/c1-16-14(9-5-3-6-10-14)13-15(17-2)11-7-4-8-12-15/h16-17H,3-13H2,1-2H3. The van der Waals surface area contributed by atoms with Crippen molar-refractivity contribution in [1.29, 1.82) is 0 Å². The fourth-order valence-electron chi connectivity index (χ4n) is 4.14. The van der Waals surface area contributed by atoms with E-state index in [0.29, 0.717) is 11.1 Å². The van der Waals surface area contributed by atoms with Crippen molar-refractivity contribution >= 4 is 0 Å². The second kappa shape index (κ2) is 5.71. The van der Waals surface area contributed by atoms with Crippen molar-refractivity contribution < 1.29 is 0 Å². The molecule has 0 spiro atoms. The molecule has 0 bridgehead atoms. The average molecular weight is 238 g/mol. The Labute approximate surface area is 107 Å². The van der Waals surface area contributed by atoms with Crippen LogP contribution in [0.1, 0.15) is 70.6 Å². The maximum absolute atomic E-state index is 3.68. The van der Waals surface area contributed by atoms with Crippen molar-refractivity contribution in [1.82, 2.24) is 10.6 Å². The molecule has 0 radical (unpaired) electrons. The zero-order chi connectivity index (χ0) is 12.2. The predicted octanol–water partition coefficient (Wildman–Crippen LogP) is 3.22. The number of hydrogen-bond acceptors (Lipinski definition) is 2. The molecule has 100 valence electrons. The van der Waals surface area contributed by atoms with Gasteiger partial charge in [-0.3, -0.25) is 0 Å². The summed E-state index contributed by atoms with van der Waals surface area (Å²) in [6.07, 6.45) is 15.4. The van der Waals surface area contributed by atoms with Crippen molar-refractivity contribution in [2.75, 3.05) is 14.1 Å². The van der Waals surface area contributed by atoms with Crippen LogP contribution in [0.5, 0.6) is 0 Å². The summed E-state index contributed by atoms with van der Waals surface area (Å²) >= 11 is 0. The van der Waals surface area contributed by atoms with Gasteiger partial charge in [-0.05, 0) is 46.2 Å². The molecule has 17 heavy (non-hydrogen) atoms. The summed E-state index contributed by atoms with van der Waals surface area (Å²) in [5.74, 6) is 0. The van der Waals surface area contributed by atoms with Crippen LogP contribution in [-0.4, -0.2) is 25.2 Å². The summed E-state index contributed by atoms with van der Waals surface area (Å²) in [5.41, 5.74) is 0.858. The molecular weight excluding hydrogens is 208 g/mol. The van der Waals surface area contributed by atoms with Crippen LogP contribution in [0.3, 0.4) is 0 Å². The summed E-state index contributed by atoms with van der Waals surface area (Å²) in [6.45, 7) is 0. The Bertz CT molecular complexity index is 201. The smallest absolute Gasteiger partial charge is 0.0196 e. The molecule has 2 saturated carbocycles. The minimum absolute atomic E-state index is 0.429. The van der Waals surface area contributed by atoms with Crippen molar-refractivity contribution in [2.24, 2.45) is 0 Å². The molecule has 2 fully saturated rings. The van der Waals surface area contributed by atoms with E-state index in [1.165, 1.54) is 70.6 Å². The van der Waals surface area contributed by atoms with E-state index >= 15 is 0 Å². The lowest BCUT2D eigenvalue weighted by Crippen LogP contribution is -2.56. The zero-order valence-electron chi connectivity index (χ0n) is 11.8. The Hall–Kier alpha value is -0.0800. The third-order valence-corrected chi connectivity index (χ3v) is 5.36. The van der Waals surface area contributed by atoms with Crippen molar-refractivity contribution in [3.8, 4) is 0 Å². The van der Waals surface area contributed by atoms with E-state index in [1.54, 1.807) is 0 Å². The first-order valence-corrected chi connectivity index (χ1v) is 7.62. The molecule has 0 heterocycles. The van der Waals surface area contributed by atoms with E-state index in [2.05, 4.69) is 24.7 Å². The van der Waals surface area contributed by atoms with Crippen LogP contribution in [0.4, 0.5) is 0 Å². The molecule has 2 N–H and O–H groups in total. The van der Waals surface area contributed by atoms with Crippen molar-refractivity contribution in [3.05, 3.63) is 0 Å². The molecule has 0 saturated heterocycles. The maximum Gasteiger partial charge on any atom is 0.0196 e. The van der Waals surface area contributed by atoms with Gasteiger partial charge in [0.1, 0.15) is 0 Å². The van der Waals surface area contributed by atoms with Gasteiger partial charge in [0.15, 0.2) is 0 Å². The van der Waals surface area contributed by atoms with Gasteiger partial charge in [0.05, 0.1) is 0 Å². The molecule has 2 aliphatic carbocycles. The first-order chi connectivity index (χ1) is 8.24. The summed E-state index contributed by atoms with van der Waals surface area (Å²) in [6, 6.07) is 0. The molecule has 0 amide bonds. The molecule has 0 aromatic heterocycles. The molecule has 2 heteroatoms. The lowest BCUT2D eigenvalue weighted by Gasteiger charge is -2.47. The van der Waals surface area contributed by atoms with Crippen molar-refractivity contribution in [2.45, 2.75) is 81.7 Å². The Morgan fingerprint density at radius 3 is 1.29 bits per heavy atom. The summed E-state index contributed by atoms with van der Waals surface area (Å²) < 4.78 is 0. The molecule has 2 nitrogen and oxygen atoms in total. The number of rotatable bonds is 4. The highest BCUT2D eigenvalue weighted by atomic mass is 15.0. The summed E-state index contributed by atoms with van der Waals surface area (Å²) in [5, 5.41) is 7.37. The van der Waals surface area contributed by atoms with Crippen LogP contribution in [0.15, 0.2) is 0 Å². The topological polar surface area (TPSA) is 24.1 Å². The Kier molecular flexibility index (Phi) is 4.48. The zero-order valence-corrected chi connectivity index (χ0v) is 11.8. The Balaban J connectivity index is 2.04. The number of hydrogen-bond donors (Lipinski definition) is 2.